The summed E-state index contributed by atoms with van der Waals surface area (Å²) < 4.78 is 0. The minimum absolute atomic E-state index is 0.549. The zero-order valence-corrected chi connectivity index (χ0v) is 10.4. The molecule has 1 heterocycles. The van der Waals surface area contributed by atoms with E-state index in [1.807, 2.05) is 0 Å². The molecule has 2 heteroatoms. The van der Waals surface area contributed by atoms with E-state index in [-0.39, 0.29) is 0 Å². The van der Waals surface area contributed by atoms with Crippen molar-refractivity contribution in [2.45, 2.75) is 26.3 Å². The standard InChI is InChI=1S/C14H22N2/c1-3-13-4-6-14(7-5-13)12(2)16-10-8-15-9-11-16/h4-7,12,15H,3,8-11H2,1-2H3/t12-/m1/s1. The maximum atomic E-state index is 3.40. The minimum Gasteiger partial charge on any atom is -0.314 e. The normalized spacial score (nSPS) is 19.6. The quantitative estimate of drug-likeness (QED) is 0.837. The Morgan fingerprint density at radius 1 is 1.19 bits per heavy atom. The van der Waals surface area contributed by atoms with Gasteiger partial charge in [0.2, 0.25) is 0 Å². The zero-order valence-electron chi connectivity index (χ0n) is 10.4. The predicted octanol–water partition coefficient (Wildman–Crippen LogP) is 2.22. The van der Waals surface area contributed by atoms with Crippen LogP contribution >= 0.6 is 0 Å². The van der Waals surface area contributed by atoms with Gasteiger partial charge in [0.15, 0.2) is 0 Å². The smallest absolute Gasteiger partial charge is 0.0320 e. The molecule has 1 aliphatic rings. The Kier molecular flexibility index (Phi) is 3.97. The molecule has 0 amide bonds. The number of benzene rings is 1. The van der Waals surface area contributed by atoms with Gasteiger partial charge in [0, 0.05) is 32.2 Å². The summed E-state index contributed by atoms with van der Waals surface area (Å²) in [5.74, 6) is 0. The molecule has 0 radical (unpaired) electrons. The third-order valence-corrected chi connectivity index (χ3v) is 3.57. The van der Waals surface area contributed by atoms with Crippen LogP contribution in [-0.4, -0.2) is 31.1 Å². The van der Waals surface area contributed by atoms with Crippen LogP contribution in [0.5, 0.6) is 0 Å². The lowest BCUT2D eigenvalue weighted by Gasteiger charge is -2.33. The lowest BCUT2D eigenvalue weighted by Crippen LogP contribution is -2.44. The van der Waals surface area contributed by atoms with Crippen molar-refractivity contribution >= 4 is 0 Å². The van der Waals surface area contributed by atoms with Crippen molar-refractivity contribution in [1.82, 2.24) is 10.2 Å². The van der Waals surface area contributed by atoms with Crippen molar-refractivity contribution < 1.29 is 0 Å². The second-order valence-electron chi connectivity index (χ2n) is 4.56. The Hall–Kier alpha value is -0.860. The molecule has 2 rings (SSSR count). The summed E-state index contributed by atoms with van der Waals surface area (Å²) in [6.07, 6.45) is 1.13. The molecular formula is C14H22N2. The summed E-state index contributed by atoms with van der Waals surface area (Å²) in [7, 11) is 0. The van der Waals surface area contributed by atoms with Crippen LogP contribution in [-0.2, 0) is 6.42 Å². The van der Waals surface area contributed by atoms with E-state index >= 15 is 0 Å². The van der Waals surface area contributed by atoms with Crippen molar-refractivity contribution in [3.63, 3.8) is 0 Å². The molecule has 1 fully saturated rings. The zero-order chi connectivity index (χ0) is 11.4. The van der Waals surface area contributed by atoms with Crippen molar-refractivity contribution in [2.75, 3.05) is 26.2 Å². The Morgan fingerprint density at radius 3 is 2.38 bits per heavy atom. The summed E-state index contributed by atoms with van der Waals surface area (Å²) >= 11 is 0. The Morgan fingerprint density at radius 2 is 1.81 bits per heavy atom. The summed E-state index contributed by atoms with van der Waals surface area (Å²) in [6, 6.07) is 9.63. The van der Waals surface area contributed by atoms with Gasteiger partial charge in [-0.2, -0.15) is 0 Å². The van der Waals surface area contributed by atoms with Gasteiger partial charge in [0.1, 0.15) is 0 Å². The fourth-order valence-corrected chi connectivity index (χ4v) is 2.31. The van der Waals surface area contributed by atoms with E-state index in [4.69, 9.17) is 0 Å². The van der Waals surface area contributed by atoms with Crippen LogP contribution in [0.2, 0.25) is 0 Å². The first-order chi connectivity index (χ1) is 7.81. The van der Waals surface area contributed by atoms with E-state index in [2.05, 4.69) is 48.3 Å². The largest absolute Gasteiger partial charge is 0.314 e. The molecule has 0 spiro atoms. The highest BCUT2D eigenvalue weighted by molar-refractivity contribution is 5.24. The van der Waals surface area contributed by atoms with Crippen LogP contribution in [0.3, 0.4) is 0 Å². The molecule has 16 heavy (non-hydrogen) atoms. The van der Waals surface area contributed by atoms with Crippen LogP contribution < -0.4 is 5.32 Å². The molecule has 0 unspecified atom stereocenters. The van der Waals surface area contributed by atoms with Gasteiger partial charge in [-0.05, 0) is 24.5 Å². The first-order valence-electron chi connectivity index (χ1n) is 6.35. The van der Waals surface area contributed by atoms with E-state index in [1.165, 1.54) is 11.1 Å². The van der Waals surface area contributed by atoms with Gasteiger partial charge in [-0.15, -0.1) is 0 Å². The summed E-state index contributed by atoms with van der Waals surface area (Å²) in [5, 5.41) is 3.40. The third kappa shape index (κ3) is 2.63. The van der Waals surface area contributed by atoms with Gasteiger partial charge in [-0.1, -0.05) is 31.2 Å². The van der Waals surface area contributed by atoms with Crippen LogP contribution in [0.1, 0.15) is 31.0 Å². The van der Waals surface area contributed by atoms with Crippen LogP contribution in [0, 0.1) is 0 Å². The fraction of sp³-hybridized carbons (Fsp3) is 0.571. The molecule has 0 saturated carbocycles. The van der Waals surface area contributed by atoms with Crippen molar-refractivity contribution in [3.8, 4) is 0 Å². The van der Waals surface area contributed by atoms with Crippen molar-refractivity contribution in [1.29, 1.82) is 0 Å². The van der Waals surface area contributed by atoms with E-state index in [1.54, 1.807) is 0 Å². The molecule has 1 aromatic carbocycles. The number of nitrogens with zero attached hydrogens (tertiary/aromatic N) is 1. The Bertz CT molecular complexity index is 312. The first kappa shape index (κ1) is 11.6. The summed E-state index contributed by atoms with van der Waals surface area (Å²) in [6.45, 7) is 9.09. The van der Waals surface area contributed by atoms with Gasteiger partial charge in [-0.25, -0.2) is 0 Å². The molecule has 0 aliphatic carbocycles. The molecular weight excluding hydrogens is 196 g/mol. The Labute approximate surface area is 98.7 Å². The fourth-order valence-electron chi connectivity index (χ4n) is 2.31. The van der Waals surface area contributed by atoms with Gasteiger partial charge in [0.05, 0.1) is 0 Å². The number of hydrogen-bond donors (Lipinski definition) is 1. The molecule has 1 saturated heterocycles. The maximum Gasteiger partial charge on any atom is 0.0320 e. The van der Waals surface area contributed by atoms with E-state index in [0.29, 0.717) is 6.04 Å². The van der Waals surface area contributed by atoms with Gasteiger partial charge in [-0.3, -0.25) is 4.90 Å². The number of nitrogens with one attached hydrogen (secondary N) is 1. The summed E-state index contributed by atoms with van der Waals surface area (Å²) in [5.41, 5.74) is 2.87. The molecule has 1 aliphatic heterocycles. The predicted molar refractivity (Wildman–Crippen MR) is 68.7 cm³/mol. The summed E-state index contributed by atoms with van der Waals surface area (Å²) in [4.78, 5) is 2.55. The lowest BCUT2D eigenvalue weighted by molar-refractivity contribution is 0.185. The average molecular weight is 218 g/mol. The van der Waals surface area contributed by atoms with Crippen LogP contribution in [0.4, 0.5) is 0 Å². The van der Waals surface area contributed by atoms with E-state index < -0.39 is 0 Å². The molecule has 0 aromatic heterocycles. The minimum atomic E-state index is 0.549. The second-order valence-corrected chi connectivity index (χ2v) is 4.56. The maximum absolute atomic E-state index is 3.40. The number of piperazine rings is 1. The van der Waals surface area contributed by atoms with Crippen molar-refractivity contribution in [2.24, 2.45) is 0 Å². The van der Waals surface area contributed by atoms with Crippen LogP contribution in [0.25, 0.3) is 0 Å². The Balaban J connectivity index is 2.04. The highest BCUT2D eigenvalue weighted by atomic mass is 15.2. The lowest BCUT2D eigenvalue weighted by atomic mass is 10.0. The van der Waals surface area contributed by atoms with E-state index in [9.17, 15) is 0 Å². The average Bonchev–Trinajstić information content (AvgIpc) is 2.39. The SMILES string of the molecule is CCc1ccc([C@@H](C)N2CCNCC2)cc1. The monoisotopic (exact) mass is 218 g/mol. The van der Waals surface area contributed by atoms with E-state index in [0.717, 1.165) is 32.6 Å². The molecule has 1 N–H and O–H groups in total. The molecule has 2 nitrogen and oxygen atoms in total. The van der Waals surface area contributed by atoms with Crippen LogP contribution in [0.15, 0.2) is 24.3 Å². The number of rotatable bonds is 3. The third-order valence-electron chi connectivity index (χ3n) is 3.57. The molecule has 1 atom stereocenters. The molecule has 0 bridgehead atoms. The molecule has 1 aromatic rings. The van der Waals surface area contributed by atoms with Gasteiger partial charge < -0.3 is 5.32 Å². The topological polar surface area (TPSA) is 15.3 Å². The highest BCUT2D eigenvalue weighted by Gasteiger charge is 2.17. The van der Waals surface area contributed by atoms with Gasteiger partial charge >= 0.3 is 0 Å². The number of hydrogen-bond acceptors (Lipinski definition) is 2. The number of aryl methyl sites for hydroxylation is 1. The first-order valence-corrected chi connectivity index (χ1v) is 6.35. The molecule has 88 valence electrons. The van der Waals surface area contributed by atoms with Crippen molar-refractivity contribution in [3.05, 3.63) is 35.4 Å². The van der Waals surface area contributed by atoms with Gasteiger partial charge in [0.25, 0.3) is 0 Å². The highest BCUT2D eigenvalue weighted by Crippen LogP contribution is 2.20. The second kappa shape index (κ2) is 5.46.